The quantitative estimate of drug-likeness (QED) is 0.653. The third-order valence-corrected chi connectivity index (χ3v) is 3.31. The van der Waals surface area contributed by atoms with E-state index in [1.165, 1.54) is 12.1 Å². The van der Waals surface area contributed by atoms with E-state index in [1.54, 1.807) is 0 Å². The summed E-state index contributed by atoms with van der Waals surface area (Å²) in [5.74, 6) is -2.54. The molecule has 1 atom stereocenters. The van der Waals surface area contributed by atoms with Gasteiger partial charge < -0.3 is 10.8 Å². The Kier molecular flexibility index (Phi) is 3.82. The van der Waals surface area contributed by atoms with E-state index >= 15 is 0 Å². The van der Waals surface area contributed by atoms with Crippen molar-refractivity contribution in [2.24, 2.45) is 0 Å². The number of hydrogen-bond donors (Lipinski definition) is 2. The lowest BCUT2D eigenvalue weighted by atomic mass is 9.99. The van der Waals surface area contributed by atoms with Crippen LogP contribution in [0.5, 0.6) is 0 Å². The Bertz CT molecular complexity index is 634. The minimum Gasteiger partial charge on any atom is -0.398 e. The zero-order valence-electron chi connectivity index (χ0n) is 9.50. The zero-order chi connectivity index (χ0) is 14.2. The van der Waals surface area contributed by atoms with Gasteiger partial charge in [-0.25, -0.2) is 13.2 Å². The first-order valence-corrected chi connectivity index (χ1v) is 6.07. The van der Waals surface area contributed by atoms with Crippen LogP contribution in [-0.2, 0) is 0 Å². The predicted octanol–water partition coefficient (Wildman–Crippen LogP) is 3.53. The second-order valence-electron chi connectivity index (χ2n) is 3.93. The van der Waals surface area contributed by atoms with E-state index in [-0.39, 0.29) is 15.7 Å². The van der Waals surface area contributed by atoms with Crippen molar-refractivity contribution < 1.29 is 18.3 Å². The lowest BCUT2D eigenvalue weighted by Crippen LogP contribution is -2.09. The number of rotatable bonds is 2. The molecule has 0 aliphatic carbocycles. The summed E-state index contributed by atoms with van der Waals surface area (Å²) in [6, 6.07) is 5.44. The molecule has 0 saturated carbocycles. The second kappa shape index (κ2) is 5.22. The summed E-state index contributed by atoms with van der Waals surface area (Å²) in [5, 5.41) is 10.0. The molecular formula is C13H9BrF3NO. The molecule has 0 bridgehead atoms. The predicted molar refractivity (Wildman–Crippen MR) is 68.9 cm³/mol. The normalized spacial score (nSPS) is 12.5. The molecule has 1 unspecified atom stereocenters. The molecule has 2 aromatic carbocycles. The van der Waals surface area contributed by atoms with Gasteiger partial charge in [-0.05, 0) is 46.3 Å². The fourth-order valence-electron chi connectivity index (χ4n) is 1.73. The molecule has 2 aromatic rings. The molecule has 0 spiro atoms. The van der Waals surface area contributed by atoms with E-state index in [2.05, 4.69) is 15.9 Å². The summed E-state index contributed by atoms with van der Waals surface area (Å²) in [6.45, 7) is 0. The number of anilines is 1. The molecule has 0 heterocycles. The summed E-state index contributed by atoms with van der Waals surface area (Å²) in [5.41, 5.74) is 4.97. The van der Waals surface area contributed by atoms with Crippen LogP contribution in [0.2, 0.25) is 0 Å². The lowest BCUT2D eigenvalue weighted by Gasteiger charge is -2.16. The van der Waals surface area contributed by atoms with Crippen molar-refractivity contribution in [3.63, 3.8) is 0 Å². The van der Waals surface area contributed by atoms with Gasteiger partial charge in [0, 0.05) is 11.3 Å². The van der Waals surface area contributed by atoms with Crippen LogP contribution in [-0.4, -0.2) is 5.11 Å². The molecule has 100 valence electrons. The molecule has 6 heteroatoms. The van der Waals surface area contributed by atoms with Crippen molar-refractivity contribution in [1.82, 2.24) is 0 Å². The van der Waals surface area contributed by atoms with Crippen LogP contribution in [0.15, 0.2) is 34.8 Å². The van der Waals surface area contributed by atoms with E-state index in [0.717, 1.165) is 18.2 Å². The number of benzene rings is 2. The van der Waals surface area contributed by atoms with Crippen molar-refractivity contribution in [1.29, 1.82) is 0 Å². The fraction of sp³-hybridized carbons (Fsp3) is 0.0769. The van der Waals surface area contributed by atoms with Gasteiger partial charge in [0.05, 0.1) is 10.0 Å². The Labute approximate surface area is 115 Å². The largest absolute Gasteiger partial charge is 0.398 e. The van der Waals surface area contributed by atoms with Gasteiger partial charge in [0.15, 0.2) is 0 Å². The van der Waals surface area contributed by atoms with Crippen LogP contribution in [0.3, 0.4) is 0 Å². The van der Waals surface area contributed by atoms with E-state index in [0.29, 0.717) is 0 Å². The van der Waals surface area contributed by atoms with Gasteiger partial charge in [0.25, 0.3) is 0 Å². The number of nitrogens with two attached hydrogens (primary N) is 1. The molecule has 19 heavy (non-hydrogen) atoms. The van der Waals surface area contributed by atoms with Gasteiger partial charge >= 0.3 is 0 Å². The maximum Gasteiger partial charge on any atom is 0.146 e. The van der Waals surface area contributed by atoms with E-state index in [4.69, 9.17) is 5.73 Å². The summed E-state index contributed by atoms with van der Waals surface area (Å²) >= 11 is 2.90. The van der Waals surface area contributed by atoms with Gasteiger partial charge in [0.2, 0.25) is 0 Å². The molecule has 2 nitrogen and oxygen atoms in total. The molecular weight excluding hydrogens is 323 g/mol. The van der Waals surface area contributed by atoms with Gasteiger partial charge in [-0.2, -0.15) is 0 Å². The van der Waals surface area contributed by atoms with E-state index in [1.807, 2.05) is 0 Å². The van der Waals surface area contributed by atoms with Crippen LogP contribution in [0.25, 0.3) is 0 Å². The van der Waals surface area contributed by atoms with E-state index < -0.39 is 29.1 Å². The first-order chi connectivity index (χ1) is 8.91. The highest BCUT2D eigenvalue weighted by Crippen LogP contribution is 2.33. The van der Waals surface area contributed by atoms with Gasteiger partial charge in [0.1, 0.15) is 23.6 Å². The van der Waals surface area contributed by atoms with Crippen molar-refractivity contribution in [3.05, 3.63) is 63.4 Å². The number of aliphatic hydroxyl groups is 1. The Morgan fingerprint density at radius 3 is 2.47 bits per heavy atom. The van der Waals surface area contributed by atoms with Crippen molar-refractivity contribution >= 4 is 21.6 Å². The van der Waals surface area contributed by atoms with Gasteiger partial charge in [-0.1, -0.05) is 0 Å². The molecule has 0 aromatic heterocycles. The summed E-state index contributed by atoms with van der Waals surface area (Å²) in [4.78, 5) is 0. The highest BCUT2D eigenvalue weighted by molar-refractivity contribution is 9.10. The van der Waals surface area contributed by atoms with E-state index in [9.17, 15) is 18.3 Å². The third-order valence-electron chi connectivity index (χ3n) is 2.70. The van der Waals surface area contributed by atoms with Crippen molar-refractivity contribution in [2.75, 3.05) is 5.73 Å². The molecule has 0 aliphatic heterocycles. The summed E-state index contributed by atoms with van der Waals surface area (Å²) in [6.07, 6.45) is -1.69. The Hall–Kier alpha value is -1.53. The molecule has 3 N–H and O–H groups in total. The number of hydrogen-bond acceptors (Lipinski definition) is 2. The fourth-order valence-corrected chi connectivity index (χ4v) is 2.08. The standard InChI is InChI=1S/C13H9BrF3NO/c14-8-2-3-9(16)11(12(8)17)13(19)7-5-6(15)1-4-10(7)18/h1-5,13,19H,18H2. The maximum atomic E-state index is 13.8. The van der Waals surface area contributed by atoms with Crippen LogP contribution in [0, 0.1) is 17.5 Å². The Morgan fingerprint density at radius 2 is 1.79 bits per heavy atom. The minimum absolute atomic E-state index is 0.00192. The molecule has 0 amide bonds. The molecule has 0 saturated heterocycles. The highest BCUT2D eigenvalue weighted by Gasteiger charge is 2.23. The zero-order valence-corrected chi connectivity index (χ0v) is 11.1. The number of aliphatic hydroxyl groups excluding tert-OH is 1. The van der Waals surface area contributed by atoms with Gasteiger partial charge in [-0.15, -0.1) is 0 Å². The molecule has 2 rings (SSSR count). The van der Waals surface area contributed by atoms with Crippen LogP contribution >= 0.6 is 15.9 Å². The molecule has 0 aliphatic rings. The smallest absolute Gasteiger partial charge is 0.146 e. The van der Waals surface area contributed by atoms with Crippen LogP contribution < -0.4 is 5.73 Å². The highest BCUT2D eigenvalue weighted by atomic mass is 79.9. The number of halogens is 4. The topological polar surface area (TPSA) is 46.2 Å². The monoisotopic (exact) mass is 331 g/mol. The number of nitrogen functional groups attached to an aromatic ring is 1. The third kappa shape index (κ3) is 2.59. The maximum absolute atomic E-state index is 13.8. The van der Waals surface area contributed by atoms with Crippen LogP contribution in [0.1, 0.15) is 17.2 Å². The molecule has 0 radical (unpaired) electrons. The average molecular weight is 332 g/mol. The first kappa shape index (κ1) is 13.9. The second-order valence-corrected chi connectivity index (χ2v) is 4.79. The first-order valence-electron chi connectivity index (χ1n) is 5.28. The Morgan fingerprint density at radius 1 is 1.11 bits per heavy atom. The molecule has 0 fully saturated rings. The summed E-state index contributed by atoms with van der Waals surface area (Å²) < 4.78 is 40.6. The SMILES string of the molecule is Nc1ccc(F)cc1C(O)c1c(F)ccc(Br)c1F. The van der Waals surface area contributed by atoms with Crippen LogP contribution in [0.4, 0.5) is 18.9 Å². The lowest BCUT2D eigenvalue weighted by molar-refractivity contribution is 0.209. The van der Waals surface area contributed by atoms with Crippen molar-refractivity contribution in [3.8, 4) is 0 Å². The van der Waals surface area contributed by atoms with Gasteiger partial charge in [-0.3, -0.25) is 0 Å². The Balaban J connectivity index is 2.59. The average Bonchev–Trinajstić information content (AvgIpc) is 2.37. The minimum atomic E-state index is -1.69. The van der Waals surface area contributed by atoms with Crippen molar-refractivity contribution in [2.45, 2.75) is 6.10 Å². The summed E-state index contributed by atoms with van der Waals surface area (Å²) in [7, 11) is 0.